The maximum atomic E-state index is 12.9. The number of anilines is 1. The van der Waals surface area contributed by atoms with Crippen molar-refractivity contribution in [3.8, 4) is 5.75 Å². The van der Waals surface area contributed by atoms with Crippen LogP contribution in [0.15, 0.2) is 71.8 Å². The zero-order chi connectivity index (χ0) is 26.6. The molecule has 2 aromatic carbocycles. The minimum absolute atomic E-state index is 0.0460. The molecule has 0 unspecified atom stereocenters. The summed E-state index contributed by atoms with van der Waals surface area (Å²) in [7, 11) is 1.57. The standard InChI is InChI=1S/C25H21F3N4O4S/c1-36-19-6-2-16(3-7-19)13-30-23(34)21-12-17(10-11-29-21)14-31-15-22(33)32(24(31)35)18-4-8-20(9-5-18)37-25(26,27)28/h2-12H,13-15H2,1H3,(H,30,34). The molecule has 1 N–H and O–H groups in total. The van der Waals surface area contributed by atoms with Crippen LogP contribution in [0.4, 0.5) is 23.7 Å². The summed E-state index contributed by atoms with van der Waals surface area (Å²) in [4.78, 5) is 44.3. The second kappa shape index (κ2) is 10.9. The largest absolute Gasteiger partial charge is 0.497 e. The van der Waals surface area contributed by atoms with E-state index < -0.39 is 23.4 Å². The monoisotopic (exact) mass is 530 g/mol. The summed E-state index contributed by atoms with van der Waals surface area (Å²) in [5.74, 6) is -0.205. The van der Waals surface area contributed by atoms with Gasteiger partial charge < -0.3 is 15.0 Å². The van der Waals surface area contributed by atoms with Gasteiger partial charge in [0.25, 0.3) is 11.8 Å². The van der Waals surface area contributed by atoms with E-state index in [0.717, 1.165) is 10.5 Å². The van der Waals surface area contributed by atoms with Crippen molar-refractivity contribution in [2.45, 2.75) is 23.5 Å². The number of ether oxygens (including phenoxy) is 1. The minimum Gasteiger partial charge on any atom is -0.497 e. The number of thioether (sulfide) groups is 1. The van der Waals surface area contributed by atoms with Gasteiger partial charge in [0.2, 0.25) is 0 Å². The van der Waals surface area contributed by atoms with E-state index in [2.05, 4.69) is 10.3 Å². The molecule has 12 heteroatoms. The lowest BCUT2D eigenvalue weighted by molar-refractivity contribution is -0.116. The van der Waals surface area contributed by atoms with Gasteiger partial charge in [0.1, 0.15) is 18.0 Å². The maximum absolute atomic E-state index is 12.9. The van der Waals surface area contributed by atoms with Gasteiger partial charge in [0.15, 0.2) is 0 Å². The highest BCUT2D eigenvalue weighted by Gasteiger charge is 2.37. The Hall–Kier alpha value is -4.06. The molecule has 1 aliphatic heterocycles. The quantitative estimate of drug-likeness (QED) is 0.338. The van der Waals surface area contributed by atoms with Crippen LogP contribution < -0.4 is 15.0 Å². The molecule has 0 radical (unpaired) electrons. The lowest BCUT2D eigenvalue weighted by atomic mass is 10.2. The van der Waals surface area contributed by atoms with Gasteiger partial charge >= 0.3 is 11.5 Å². The third kappa shape index (κ3) is 6.58. The molecule has 3 aromatic rings. The van der Waals surface area contributed by atoms with Gasteiger partial charge in [-0.05, 0) is 71.4 Å². The average Bonchev–Trinajstić information content (AvgIpc) is 3.15. The Kier molecular flexibility index (Phi) is 7.67. The number of imide groups is 1. The summed E-state index contributed by atoms with van der Waals surface area (Å²) >= 11 is -0.279. The fourth-order valence-corrected chi connectivity index (χ4v) is 4.20. The van der Waals surface area contributed by atoms with E-state index in [-0.39, 0.29) is 47.7 Å². The van der Waals surface area contributed by atoms with E-state index in [4.69, 9.17) is 4.74 Å². The number of nitrogens with zero attached hydrogens (tertiary/aromatic N) is 3. The molecular weight excluding hydrogens is 509 g/mol. The summed E-state index contributed by atoms with van der Waals surface area (Å²) in [6.45, 7) is 0.118. The molecule has 0 spiro atoms. The fourth-order valence-electron chi connectivity index (χ4n) is 3.66. The molecule has 4 amide bonds. The number of hydrogen-bond acceptors (Lipinski definition) is 6. The number of aromatic nitrogens is 1. The number of benzene rings is 2. The number of alkyl halides is 3. The van der Waals surface area contributed by atoms with Gasteiger partial charge in [-0.25, -0.2) is 9.69 Å². The first kappa shape index (κ1) is 26.0. The Morgan fingerprint density at radius 1 is 1.05 bits per heavy atom. The molecule has 1 fully saturated rings. The van der Waals surface area contributed by atoms with Crippen molar-refractivity contribution in [2.75, 3.05) is 18.6 Å². The molecule has 0 aliphatic carbocycles. The van der Waals surface area contributed by atoms with E-state index in [1.54, 1.807) is 25.3 Å². The Bertz CT molecular complexity index is 1300. The van der Waals surface area contributed by atoms with E-state index in [9.17, 15) is 27.6 Å². The first-order valence-corrected chi connectivity index (χ1v) is 11.8. The molecule has 2 heterocycles. The normalized spacial score (nSPS) is 13.7. The molecule has 0 atom stereocenters. The molecule has 4 rings (SSSR count). The first-order valence-electron chi connectivity index (χ1n) is 11.0. The second-order valence-electron chi connectivity index (χ2n) is 7.99. The number of carbonyl (C=O) groups excluding carboxylic acids is 3. The smallest absolute Gasteiger partial charge is 0.446 e. The molecule has 0 saturated carbocycles. The van der Waals surface area contributed by atoms with Crippen LogP contribution in [0.2, 0.25) is 0 Å². The van der Waals surface area contributed by atoms with Gasteiger partial charge in [0.05, 0.1) is 12.8 Å². The maximum Gasteiger partial charge on any atom is 0.446 e. The zero-order valence-corrected chi connectivity index (χ0v) is 20.3. The molecule has 192 valence electrons. The van der Waals surface area contributed by atoms with Crippen molar-refractivity contribution in [3.63, 3.8) is 0 Å². The van der Waals surface area contributed by atoms with Crippen LogP contribution in [-0.2, 0) is 17.9 Å². The highest BCUT2D eigenvalue weighted by atomic mass is 32.2. The van der Waals surface area contributed by atoms with Gasteiger partial charge in [-0.2, -0.15) is 13.2 Å². The van der Waals surface area contributed by atoms with Gasteiger partial charge in [-0.1, -0.05) is 12.1 Å². The van der Waals surface area contributed by atoms with Crippen molar-refractivity contribution >= 4 is 35.3 Å². The van der Waals surface area contributed by atoms with E-state index in [1.807, 2.05) is 12.1 Å². The summed E-state index contributed by atoms with van der Waals surface area (Å²) in [5, 5.41) is 2.78. The number of halogens is 3. The Morgan fingerprint density at radius 2 is 1.76 bits per heavy atom. The molecule has 1 saturated heterocycles. The van der Waals surface area contributed by atoms with E-state index >= 15 is 0 Å². The van der Waals surface area contributed by atoms with Crippen LogP contribution in [0.25, 0.3) is 0 Å². The van der Waals surface area contributed by atoms with Gasteiger partial charge in [-0.15, -0.1) is 0 Å². The fraction of sp³-hybridized carbons (Fsp3) is 0.200. The second-order valence-corrected chi connectivity index (χ2v) is 9.13. The number of amides is 4. The van der Waals surface area contributed by atoms with Crippen molar-refractivity contribution in [1.82, 2.24) is 15.2 Å². The number of urea groups is 1. The topological polar surface area (TPSA) is 91.8 Å². The predicted molar refractivity (Wildman–Crippen MR) is 130 cm³/mol. The highest BCUT2D eigenvalue weighted by Crippen LogP contribution is 2.37. The van der Waals surface area contributed by atoms with Crippen LogP contribution in [0.5, 0.6) is 5.75 Å². The summed E-state index contributed by atoms with van der Waals surface area (Å²) in [6, 6.07) is 14.8. The third-order valence-corrected chi connectivity index (χ3v) is 6.15. The van der Waals surface area contributed by atoms with Crippen molar-refractivity contribution in [2.24, 2.45) is 0 Å². The summed E-state index contributed by atoms with van der Waals surface area (Å²) in [5.41, 5.74) is -2.65. The Labute approximate surface area is 214 Å². The Balaban J connectivity index is 1.38. The molecular formula is C25H21F3N4O4S. The molecule has 37 heavy (non-hydrogen) atoms. The molecule has 1 aliphatic rings. The van der Waals surface area contributed by atoms with Gasteiger partial charge in [0, 0.05) is 24.2 Å². The number of hydrogen-bond donors (Lipinski definition) is 1. The molecule has 0 bridgehead atoms. The van der Waals surface area contributed by atoms with E-state index in [1.165, 1.54) is 41.4 Å². The highest BCUT2D eigenvalue weighted by molar-refractivity contribution is 8.00. The SMILES string of the molecule is COc1ccc(CNC(=O)c2cc(CN3CC(=O)N(c4ccc(SC(F)(F)F)cc4)C3=O)ccn2)cc1. The first-order chi connectivity index (χ1) is 17.6. The predicted octanol–water partition coefficient (Wildman–Crippen LogP) is 4.60. The number of carbonyl (C=O) groups is 3. The third-order valence-electron chi connectivity index (χ3n) is 5.41. The van der Waals surface area contributed by atoms with Crippen LogP contribution in [0.3, 0.4) is 0 Å². The van der Waals surface area contributed by atoms with Crippen molar-refractivity contribution in [1.29, 1.82) is 0 Å². The van der Waals surface area contributed by atoms with Crippen LogP contribution in [0, 0.1) is 0 Å². The zero-order valence-electron chi connectivity index (χ0n) is 19.5. The summed E-state index contributed by atoms with van der Waals surface area (Å²) in [6.07, 6.45) is 1.44. The number of rotatable bonds is 8. The lowest BCUT2D eigenvalue weighted by Gasteiger charge is -2.18. The lowest BCUT2D eigenvalue weighted by Crippen LogP contribution is -2.32. The van der Waals surface area contributed by atoms with Gasteiger partial charge in [-0.3, -0.25) is 14.6 Å². The minimum atomic E-state index is -4.44. The average molecular weight is 531 g/mol. The van der Waals surface area contributed by atoms with Crippen molar-refractivity contribution < 1.29 is 32.3 Å². The number of nitrogens with one attached hydrogen (secondary N) is 1. The van der Waals surface area contributed by atoms with Crippen LogP contribution in [0.1, 0.15) is 21.6 Å². The number of methoxy groups -OCH3 is 1. The van der Waals surface area contributed by atoms with Crippen LogP contribution >= 0.6 is 11.8 Å². The molecule has 1 aromatic heterocycles. The van der Waals surface area contributed by atoms with E-state index in [0.29, 0.717) is 11.3 Å². The molecule has 8 nitrogen and oxygen atoms in total. The Morgan fingerprint density at radius 3 is 2.41 bits per heavy atom. The van der Waals surface area contributed by atoms with Crippen LogP contribution in [-0.4, -0.2) is 46.9 Å². The number of pyridine rings is 1. The van der Waals surface area contributed by atoms with Crippen molar-refractivity contribution in [3.05, 3.63) is 83.7 Å². The summed E-state index contributed by atoms with van der Waals surface area (Å²) < 4.78 is 42.8.